The van der Waals surface area contributed by atoms with Gasteiger partial charge < -0.3 is 5.32 Å². The summed E-state index contributed by atoms with van der Waals surface area (Å²) >= 11 is 0. The minimum atomic E-state index is -0.515. The molecule has 1 N–H and O–H groups in total. The summed E-state index contributed by atoms with van der Waals surface area (Å²) in [7, 11) is 0. The molecule has 0 saturated carbocycles. The van der Waals surface area contributed by atoms with E-state index in [9.17, 15) is 9.59 Å². The van der Waals surface area contributed by atoms with E-state index in [-0.39, 0.29) is 11.7 Å². The molecule has 3 heteroatoms. The molecule has 0 heterocycles. The molecule has 80 valence electrons. The fourth-order valence-corrected chi connectivity index (χ4v) is 1.33. The van der Waals surface area contributed by atoms with Gasteiger partial charge in [-0.1, -0.05) is 37.3 Å². The Morgan fingerprint density at radius 2 is 1.87 bits per heavy atom. The lowest BCUT2D eigenvalue weighted by Crippen LogP contribution is -2.32. The smallest absolute Gasteiger partial charge is 0.220 e. The van der Waals surface area contributed by atoms with Crippen molar-refractivity contribution in [3.05, 3.63) is 35.9 Å². The standard InChI is InChI=1S/C12H15NO2/c1-3-11(15)13-12(9(2)14)10-7-5-4-6-8-10/h4-8,12H,3H2,1-2H3,(H,13,15). The van der Waals surface area contributed by atoms with E-state index in [0.29, 0.717) is 6.42 Å². The van der Waals surface area contributed by atoms with Gasteiger partial charge in [0.15, 0.2) is 5.78 Å². The molecule has 3 nitrogen and oxygen atoms in total. The summed E-state index contributed by atoms with van der Waals surface area (Å²) < 4.78 is 0. The number of ketones is 1. The Morgan fingerprint density at radius 3 is 2.33 bits per heavy atom. The van der Waals surface area contributed by atoms with E-state index >= 15 is 0 Å². The van der Waals surface area contributed by atoms with Gasteiger partial charge in [0.1, 0.15) is 6.04 Å². The molecule has 0 aliphatic rings. The Morgan fingerprint density at radius 1 is 1.27 bits per heavy atom. The number of amides is 1. The second-order valence-electron chi connectivity index (χ2n) is 3.38. The highest BCUT2D eigenvalue weighted by atomic mass is 16.2. The monoisotopic (exact) mass is 205 g/mol. The molecular formula is C12H15NO2. The van der Waals surface area contributed by atoms with Crippen LogP contribution in [0, 0.1) is 0 Å². The van der Waals surface area contributed by atoms with Crippen molar-refractivity contribution in [2.24, 2.45) is 0 Å². The number of hydrogen-bond acceptors (Lipinski definition) is 2. The van der Waals surface area contributed by atoms with E-state index in [1.165, 1.54) is 6.92 Å². The fraction of sp³-hybridized carbons (Fsp3) is 0.333. The Labute approximate surface area is 89.5 Å². The molecular weight excluding hydrogens is 190 g/mol. The molecule has 0 spiro atoms. The molecule has 1 rings (SSSR count). The second-order valence-corrected chi connectivity index (χ2v) is 3.38. The van der Waals surface area contributed by atoms with Crippen LogP contribution >= 0.6 is 0 Å². The Balaban J connectivity index is 2.84. The van der Waals surface area contributed by atoms with Crippen LogP contribution in [0.1, 0.15) is 31.9 Å². The minimum Gasteiger partial charge on any atom is -0.342 e. The van der Waals surface area contributed by atoms with Gasteiger partial charge in [-0.25, -0.2) is 0 Å². The maximum Gasteiger partial charge on any atom is 0.220 e. The predicted molar refractivity (Wildman–Crippen MR) is 58.3 cm³/mol. The third-order valence-corrected chi connectivity index (χ3v) is 2.17. The molecule has 0 aliphatic carbocycles. The number of benzene rings is 1. The molecule has 15 heavy (non-hydrogen) atoms. The summed E-state index contributed by atoms with van der Waals surface area (Å²) in [4.78, 5) is 22.6. The maximum atomic E-state index is 11.4. The van der Waals surface area contributed by atoms with Gasteiger partial charge >= 0.3 is 0 Å². The summed E-state index contributed by atoms with van der Waals surface area (Å²) in [6.45, 7) is 3.24. The van der Waals surface area contributed by atoms with Crippen LogP contribution in [0.25, 0.3) is 0 Å². The summed E-state index contributed by atoms with van der Waals surface area (Å²) in [5.41, 5.74) is 0.826. The van der Waals surface area contributed by atoms with Crippen molar-refractivity contribution in [2.45, 2.75) is 26.3 Å². The summed E-state index contributed by atoms with van der Waals surface area (Å²) in [6, 6.07) is 8.73. The Bertz CT molecular complexity index is 346. The Hall–Kier alpha value is -1.64. The quantitative estimate of drug-likeness (QED) is 0.815. The van der Waals surface area contributed by atoms with Crippen LogP contribution in [0.15, 0.2) is 30.3 Å². The lowest BCUT2D eigenvalue weighted by atomic mass is 10.0. The summed E-state index contributed by atoms with van der Waals surface area (Å²) in [5.74, 6) is -0.165. The third kappa shape index (κ3) is 3.20. The highest BCUT2D eigenvalue weighted by Gasteiger charge is 2.17. The first-order valence-electron chi connectivity index (χ1n) is 5.00. The zero-order valence-electron chi connectivity index (χ0n) is 8.99. The van der Waals surface area contributed by atoms with Crippen molar-refractivity contribution in [2.75, 3.05) is 0 Å². The van der Waals surface area contributed by atoms with E-state index in [1.54, 1.807) is 6.92 Å². The van der Waals surface area contributed by atoms with Crippen LogP contribution in [0.3, 0.4) is 0 Å². The molecule has 1 atom stereocenters. The minimum absolute atomic E-state index is 0.0528. The van der Waals surface area contributed by atoms with Gasteiger partial charge in [-0.2, -0.15) is 0 Å². The van der Waals surface area contributed by atoms with Crippen molar-refractivity contribution in [1.82, 2.24) is 5.32 Å². The van der Waals surface area contributed by atoms with Crippen LogP contribution in [0.5, 0.6) is 0 Å². The third-order valence-electron chi connectivity index (χ3n) is 2.17. The maximum absolute atomic E-state index is 11.4. The summed E-state index contributed by atoms with van der Waals surface area (Å²) in [5, 5.41) is 2.69. The average molecular weight is 205 g/mol. The van der Waals surface area contributed by atoms with E-state index in [0.717, 1.165) is 5.56 Å². The molecule has 0 fully saturated rings. The number of nitrogens with one attached hydrogen (secondary N) is 1. The van der Waals surface area contributed by atoms with Gasteiger partial charge in [0, 0.05) is 6.42 Å². The van der Waals surface area contributed by atoms with Crippen molar-refractivity contribution in [1.29, 1.82) is 0 Å². The normalized spacial score (nSPS) is 11.9. The zero-order valence-corrected chi connectivity index (χ0v) is 8.99. The van der Waals surface area contributed by atoms with Gasteiger partial charge in [0.25, 0.3) is 0 Å². The lowest BCUT2D eigenvalue weighted by molar-refractivity contribution is -0.126. The van der Waals surface area contributed by atoms with Crippen LogP contribution in [0.2, 0.25) is 0 Å². The van der Waals surface area contributed by atoms with Crippen molar-refractivity contribution < 1.29 is 9.59 Å². The molecule has 0 radical (unpaired) electrons. The molecule has 1 aromatic carbocycles. The highest BCUT2D eigenvalue weighted by molar-refractivity contribution is 5.88. The van der Waals surface area contributed by atoms with Crippen molar-refractivity contribution in [3.8, 4) is 0 Å². The zero-order chi connectivity index (χ0) is 11.3. The van der Waals surface area contributed by atoms with Gasteiger partial charge in [-0.05, 0) is 12.5 Å². The Kier molecular flexibility index (Phi) is 4.03. The first-order chi connectivity index (χ1) is 7.15. The van der Waals surface area contributed by atoms with Crippen molar-refractivity contribution in [3.63, 3.8) is 0 Å². The van der Waals surface area contributed by atoms with Crippen LogP contribution in [0.4, 0.5) is 0 Å². The number of Topliss-reactive ketones (excluding diaryl/α,β-unsaturated/α-hetero) is 1. The second kappa shape index (κ2) is 5.29. The number of hydrogen-bond donors (Lipinski definition) is 1. The molecule has 1 unspecified atom stereocenters. The van der Waals surface area contributed by atoms with Gasteiger partial charge in [-0.15, -0.1) is 0 Å². The highest BCUT2D eigenvalue weighted by Crippen LogP contribution is 2.13. The lowest BCUT2D eigenvalue weighted by Gasteiger charge is -2.15. The molecule has 1 aromatic rings. The number of carbonyl (C=O) groups is 2. The topological polar surface area (TPSA) is 46.2 Å². The van der Waals surface area contributed by atoms with Crippen LogP contribution in [-0.4, -0.2) is 11.7 Å². The van der Waals surface area contributed by atoms with Gasteiger partial charge in [0.05, 0.1) is 0 Å². The van der Waals surface area contributed by atoms with E-state index in [1.807, 2.05) is 30.3 Å². The average Bonchev–Trinajstić information content (AvgIpc) is 2.26. The number of rotatable bonds is 4. The molecule has 1 amide bonds. The van der Waals surface area contributed by atoms with Crippen molar-refractivity contribution >= 4 is 11.7 Å². The van der Waals surface area contributed by atoms with Crippen LogP contribution < -0.4 is 5.32 Å². The summed E-state index contributed by atoms with van der Waals surface area (Å²) in [6.07, 6.45) is 0.386. The van der Waals surface area contributed by atoms with Crippen LogP contribution in [-0.2, 0) is 9.59 Å². The first-order valence-corrected chi connectivity index (χ1v) is 5.00. The first kappa shape index (κ1) is 11.4. The molecule has 0 bridgehead atoms. The number of carbonyl (C=O) groups excluding carboxylic acids is 2. The molecule has 0 aliphatic heterocycles. The van der Waals surface area contributed by atoms with E-state index in [2.05, 4.69) is 5.32 Å². The van der Waals surface area contributed by atoms with Gasteiger partial charge in [0.2, 0.25) is 5.91 Å². The van der Waals surface area contributed by atoms with Gasteiger partial charge in [-0.3, -0.25) is 9.59 Å². The fourth-order valence-electron chi connectivity index (χ4n) is 1.33. The molecule has 0 saturated heterocycles. The predicted octanol–water partition coefficient (Wildman–Crippen LogP) is 1.84. The SMILES string of the molecule is CCC(=O)NC(C(C)=O)c1ccccc1. The largest absolute Gasteiger partial charge is 0.342 e. The molecule has 0 aromatic heterocycles. The van der Waals surface area contributed by atoms with E-state index in [4.69, 9.17) is 0 Å². The van der Waals surface area contributed by atoms with E-state index < -0.39 is 6.04 Å².